The Morgan fingerprint density at radius 3 is 1.85 bits per heavy atom. The molecule has 0 aliphatic rings. The van der Waals surface area contributed by atoms with Gasteiger partial charge in [-0.25, -0.2) is 4.79 Å². The summed E-state index contributed by atoms with van der Waals surface area (Å²) in [4.78, 5) is 35.8. The smallest absolute Gasteiger partial charge is 0.312 e. The number of primary amides is 1. The van der Waals surface area contributed by atoms with Crippen LogP contribution in [0.25, 0.3) is 0 Å². The average molecular weight is 472 g/mol. The predicted molar refractivity (Wildman–Crippen MR) is 137 cm³/mol. The van der Waals surface area contributed by atoms with E-state index in [0.29, 0.717) is 25.5 Å². The maximum Gasteiger partial charge on any atom is 0.312 e. The molecule has 7 nitrogen and oxygen atoms in total. The summed E-state index contributed by atoms with van der Waals surface area (Å²) in [7, 11) is 0. The molecule has 0 spiro atoms. The highest BCUT2D eigenvalue weighted by Crippen LogP contribution is 2.20. The molecule has 4 N–H and O–H groups in total. The van der Waals surface area contributed by atoms with Crippen molar-refractivity contribution in [1.82, 2.24) is 10.6 Å². The van der Waals surface area contributed by atoms with Gasteiger partial charge in [0, 0.05) is 37.5 Å². The fourth-order valence-electron chi connectivity index (χ4n) is 3.30. The largest absolute Gasteiger partial charge is 0.379 e. The van der Waals surface area contributed by atoms with Gasteiger partial charge in [0.1, 0.15) is 5.78 Å². The van der Waals surface area contributed by atoms with Crippen molar-refractivity contribution in [2.75, 3.05) is 13.2 Å². The first-order chi connectivity index (χ1) is 15.2. The summed E-state index contributed by atoms with van der Waals surface area (Å²) >= 11 is 0. The molecular weight excluding hydrogens is 418 g/mol. The summed E-state index contributed by atoms with van der Waals surface area (Å²) in [5.41, 5.74) is 5.04. The van der Waals surface area contributed by atoms with Gasteiger partial charge in [0.05, 0.1) is 12.1 Å². The van der Waals surface area contributed by atoms with E-state index < -0.39 is 6.03 Å². The lowest BCUT2D eigenvalue weighted by atomic mass is 9.84. The topological polar surface area (TPSA) is 111 Å². The molecule has 196 valence electrons. The minimum absolute atomic E-state index is 0.0839. The first kappa shape index (κ1) is 33.7. The Balaban J connectivity index is 0. The van der Waals surface area contributed by atoms with Gasteiger partial charge >= 0.3 is 6.03 Å². The molecular formula is C26H53N3O4. The molecule has 0 aliphatic carbocycles. The van der Waals surface area contributed by atoms with Crippen LogP contribution in [0.2, 0.25) is 0 Å². The number of ketones is 2. The second-order valence-corrected chi connectivity index (χ2v) is 10.5. The minimum Gasteiger partial charge on any atom is -0.379 e. The first-order valence-electron chi connectivity index (χ1n) is 12.7. The zero-order valence-electron chi connectivity index (χ0n) is 23.0. The van der Waals surface area contributed by atoms with Crippen LogP contribution in [0.1, 0.15) is 94.9 Å². The maximum atomic E-state index is 12.7. The molecule has 0 unspecified atom stereocenters. The number of Topliss-reactive ketones (excluding diaryl/α,β-unsaturated/α-hetero) is 2. The van der Waals surface area contributed by atoms with Crippen molar-refractivity contribution >= 4 is 17.6 Å². The van der Waals surface area contributed by atoms with Crippen LogP contribution in [0, 0.1) is 23.7 Å². The standard InChI is InChI=1S/C18H35N3O3.C8H18O/c1-11(2)16(21-13(5)6)15(22)10-14(17(23)12(3)4)8-7-9-20-18(19)24;1-7(2)5-6-9-8(3)4/h11-14,16,21H,7-10H2,1-6H3,(H3,19,20,24);7-8H,5-6H2,1-4H3/t14-,16+;/m1./s1. The Bertz CT molecular complexity index is 538. The second-order valence-electron chi connectivity index (χ2n) is 10.5. The van der Waals surface area contributed by atoms with E-state index in [1.807, 2.05) is 41.5 Å². The van der Waals surface area contributed by atoms with Gasteiger partial charge in [0.25, 0.3) is 0 Å². The Labute approximate surface area is 203 Å². The Hall–Kier alpha value is -1.47. The molecule has 0 aliphatic heterocycles. The summed E-state index contributed by atoms with van der Waals surface area (Å²) in [6, 6.07) is -0.601. The molecule has 7 heteroatoms. The molecule has 2 amide bonds. The molecule has 0 aromatic rings. The van der Waals surface area contributed by atoms with E-state index >= 15 is 0 Å². The summed E-state index contributed by atoms with van der Waals surface area (Å²) < 4.78 is 5.35. The van der Waals surface area contributed by atoms with Crippen LogP contribution in [0.4, 0.5) is 4.79 Å². The molecule has 0 aromatic carbocycles. The average Bonchev–Trinajstić information content (AvgIpc) is 2.66. The van der Waals surface area contributed by atoms with Crippen molar-refractivity contribution in [2.45, 2.75) is 113 Å². The van der Waals surface area contributed by atoms with Gasteiger partial charge in [-0.15, -0.1) is 0 Å². The number of nitrogens with one attached hydrogen (secondary N) is 2. The van der Waals surface area contributed by atoms with Crippen molar-refractivity contribution in [1.29, 1.82) is 0 Å². The second kappa shape index (κ2) is 18.9. The maximum absolute atomic E-state index is 12.7. The third-order valence-corrected chi connectivity index (χ3v) is 5.12. The predicted octanol–water partition coefficient (Wildman–Crippen LogP) is 4.72. The molecule has 0 bridgehead atoms. The van der Waals surface area contributed by atoms with Gasteiger partial charge in [-0.2, -0.15) is 0 Å². The molecule has 0 saturated heterocycles. The molecule has 33 heavy (non-hydrogen) atoms. The third kappa shape index (κ3) is 19.7. The van der Waals surface area contributed by atoms with E-state index in [-0.39, 0.29) is 47.8 Å². The summed E-state index contributed by atoms with van der Waals surface area (Å²) in [6.45, 7) is 21.6. The fraction of sp³-hybridized carbons (Fsp3) is 0.885. The highest BCUT2D eigenvalue weighted by molar-refractivity contribution is 5.91. The van der Waals surface area contributed by atoms with Crippen LogP contribution < -0.4 is 16.4 Å². The molecule has 2 atom stereocenters. The van der Waals surface area contributed by atoms with Gasteiger partial charge in [-0.1, -0.05) is 55.4 Å². The number of carbonyl (C=O) groups excluding carboxylic acids is 3. The number of rotatable bonds is 16. The SMILES string of the molecule is CC(C)CCOC(C)C.CC(C)N[C@H](C(=O)C[C@@H](CCCNC(N)=O)C(=O)C(C)C)C(C)C. The molecule has 0 rings (SSSR count). The summed E-state index contributed by atoms with van der Waals surface area (Å²) in [6.07, 6.45) is 3.02. The first-order valence-corrected chi connectivity index (χ1v) is 12.7. The van der Waals surface area contributed by atoms with Crippen molar-refractivity contribution in [3.05, 3.63) is 0 Å². The molecule has 0 aromatic heterocycles. The van der Waals surface area contributed by atoms with Crippen molar-refractivity contribution in [3.8, 4) is 0 Å². The number of carbonyl (C=O) groups is 3. The number of nitrogens with two attached hydrogens (primary N) is 1. The third-order valence-electron chi connectivity index (χ3n) is 5.12. The molecule has 0 heterocycles. The lowest BCUT2D eigenvalue weighted by Crippen LogP contribution is -2.45. The summed E-state index contributed by atoms with van der Waals surface area (Å²) in [5, 5.41) is 5.82. The number of urea groups is 1. The number of ether oxygens (including phenoxy) is 1. The van der Waals surface area contributed by atoms with Gasteiger partial charge in [-0.3, -0.25) is 9.59 Å². The monoisotopic (exact) mass is 471 g/mol. The van der Waals surface area contributed by atoms with Gasteiger partial charge in [0.2, 0.25) is 0 Å². The van der Waals surface area contributed by atoms with Crippen LogP contribution in [-0.2, 0) is 14.3 Å². The Morgan fingerprint density at radius 2 is 1.45 bits per heavy atom. The zero-order valence-corrected chi connectivity index (χ0v) is 23.0. The van der Waals surface area contributed by atoms with Gasteiger partial charge < -0.3 is 21.1 Å². The van der Waals surface area contributed by atoms with E-state index in [9.17, 15) is 14.4 Å². The van der Waals surface area contributed by atoms with E-state index in [1.165, 1.54) is 6.42 Å². The lowest BCUT2D eigenvalue weighted by Gasteiger charge is -2.26. The number of amides is 2. The van der Waals surface area contributed by atoms with Gasteiger partial charge in [0.15, 0.2) is 5.78 Å². The van der Waals surface area contributed by atoms with Crippen LogP contribution in [-0.4, -0.2) is 48.9 Å². The summed E-state index contributed by atoms with van der Waals surface area (Å²) in [5.74, 6) is 0.717. The fourth-order valence-corrected chi connectivity index (χ4v) is 3.30. The van der Waals surface area contributed by atoms with Crippen LogP contribution in [0.15, 0.2) is 0 Å². The van der Waals surface area contributed by atoms with E-state index in [4.69, 9.17) is 10.5 Å². The van der Waals surface area contributed by atoms with E-state index in [2.05, 4.69) is 38.3 Å². The quantitative estimate of drug-likeness (QED) is 0.282. The lowest BCUT2D eigenvalue weighted by molar-refractivity contribution is -0.131. The van der Waals surface area contributed by atoms with Crippen LogP contribution in [0.3, 0.4) is 0 Å². The highest BCUT2D eigenvalue weighted by Gasteiger charge is 2.29. The zero-order chi connectivity index (χ0) is 26.1. The highest BCUT2D eigenvalue weighted by atomic mass is 16.5. The van der Waals surface area contributed by atoms with Crippen LogP contribution in [0.5, 0.6) is 0 Å². The Kier molecular flexibility index (Phi) is 19.3. The molecule has 0 fully saturated rings. The van der Waals surface area contributed by atoms with Crippen molar-refractivity contribution in [3.63, 3.8) is 0 Å². The normalized spacial score (nSPS) is 13.3. The number of hydrogen-bond acceptors (Lipinski definition) is 5. The van der Waals surface area contributed by atoms with E-state index in [0.717, 1.165) is 12.5 Å². The molecule has 0 radical (unpaired) electrons. The van der Waals surface area contributed by atoms with E-state index in [1.54, 1.807) is 0 Å². The van der Waals surface area contributed by atoms with Gasteiger partial charge in [-0.05, 0) is 44.9 Å². The Morgan fingerprint density at radius 1 is 0.879 bits per heavy atom. The minimum atomic E-state index is -0.571. The van der Waals surface area contributed by atoms with Crippen LogP contribution >= 0.6 is 0 Å². The van der Waals surface area contributed by atoms with Crippen molar-refractivity contribution in [2.24, 2.45) is 29.4 Å². The van der Waals surface area contributed by atoms with Crippen molar-refractivity contribution < 1.29 is 19.1 Å². The molecule has 0 saturated carbocycles. The number of hydrogen-bond donors (Lipinski definition) is 3.